The number of nitrogens with zero attached hydrogens (tertiary/aromatic N) is 3. The Balaban J connectivity index is 2.16. The van der Waals surface area contributed by atoms with Crippen molar-refractivity contribution in [3.63, 3.8) is 0 Å². The fourth-order valence-electron chi connectivity index (χ4n) is 1.37. The quantitative estimate of drug-likeness (QED) is 0.864. The summed E-state index contributed by atoms with van der Waals surface area (Å²) < 4.78 is 42.4. The number of hydrogen-bond acceptors (Lipinski definition) is 5. The van der Waals surface area contributed by atoms with Gasteiger partial charge in [0.1, 0.15) is 12.9 Å². The molecule has 2 aromatic rings. The molecule has 2 N–H and O–H groups in total. The van der Waals surface area contributed by atoms with Gasteiger partial charge in [0.15, 0.2) is 17.4 Å². The number of ether oxygens (including phenoxy) is 1. The van der Waals surface area contributed by atoms with E-state index in [0.717, 1.165) is 6.07 Å². The summed E-state index contributed by atoms with van der Waals surface area (Å²) in [5.41, 5.74) is 0. The molecule has 0 unspecified atom stereocenters. The summed E-state index contributed by atoms with van der Waals surface area (Å²) in [6.45, 7) is 0.0160. The van der Waals surface area contributed by atoms with Gasteiger partial charge in [-0.25, -0.2) is 22.9 Å². The van der Waals surface area contributed by atoms with Crippen LogP contribution in [0.2, 0.25) is 0 Å². The topological polar surface area (TPSA) is 100 Å². The first kappa shape index (κ1) is 13.4. The smallest absolute Gasteiger partial charge is 0.238 e. The average Bonchev–Trinajstić information content (AvgIpc) is 2.72. The molecular formula is C10H11FN4O3S. The molecule has 0 fully saturated rings. The maximum absolute atomic E-state index is 13.6. The van der Waals surface area contributed by atoms with Crippen LogP contribution in [0.1, 0.15) is 5.82 Å². The molecule has 102 valence electrons. The van der Waals surface area contributed by atoms with Crippen molar-refractivity contribution >= 4 is 10.0 Å². The first-order chi connectivity index (χ1) is 8.88. The third-order valence-electron chi connectivity index (χ3n) is 2.39. The Morgan fingerprint density at radius 3 is 2.74 bits per heavy atom. The Kier molecular flexibility index (Phi) is 3.49. The molecule has 2 rings (SSSR count). The van der Waals surface area contributed by atoms with Crippen LogP contribution in [0.4, 0.5) is 4.39 Å². The summed E-state index contributed by atoms with van der Waals surface area (Å²) in [6, 6.07) is 3.18. The zero-order valence-corrected chi connectivity index (χ0v) is 10.8. The highest BCUT2D eigenvalue weighted by molar-refractivity contribution is 7.89. The molecule has 0 saturated heterocycles. The third kappa shape index (κ3) is 3.06. The molecule has 0 radical (unpaired) electrons. The normalized spacial score (nSPS) is 11.5. The summed E-state index contributed by atoms with van der Waals surface area (Å²) in [5, 5.41) is 8.72. The van der Waals surface area contributed by atoms with Crippen molar-refractivity contribution in [1.29, 1.82) is 0 Å². The maximum Gasteiger partial charge on any atom is 0.238 e. The van der Waals surface area contributed by atoms with Gasteiger partial charge in [0.05, 0.1) is 4.90 Å². The lowest BCUT2D eigenvalue weighted by Gasteiger charge is -2.07. The van der Waals surface area contributed by atoms with Gasteiger partial charge in [-0.2, -0.15) is 5.10 Å². The lowest BCUT2D eigenvalue weighted by Crippen LogP contribution is -2.12. The van der Waals surface area contributed by atoms with Gasteiger partial charge < -0.3 is 4.74 Å². The van der Waals surface area contributed by atoms with Crippen molar-refractivity contribution in [1.82, 2.24) is 14.8 Å². The molecule has 1 aromatic heterocycles. The number of hydrogen-bond donors (Lipinski definition) is 1. The number of aryl methyl sites for hydroxylation is 1. The van der Waals surface area contributed by atoms with E-state index < -0.39 is 15.8 Å². The summed E-state index contributed by atoms with van der Waals surface area (Å²) in [4.78, 5) is 3.60. The number of benzene rings is 1. The molecule has 0 saturated carbocycles. The number of halogens is 1. The highest BCUT2D eigenvalue weighted by Crippen LogP contribution is 2.21. The van der Waals surface area contributed by atoms with Crippen LogP contribution < -0.4 is 9.88 Å². The second-order valence-corrected chi connectivity index (χ2v) is 5.29. The van der Waals surface area contributed by atoms with Crippen molar-refractivity contribution in [2.45, 2.75) is 11.5 Å². The highest BCUT2D eigenvalue weighted by Gasteiger charge is 2.13. The van der Waals surface area contributed by atoms with E-state index in [0.29, 0.717) is 5.82 Å². The Bertz CT molecular complexity index is 699. The van der Waals surface area contributed by atoms with Crippen LogP contribution in [0.15, 0.2) is 29.4 Å². The maximum atomic E-state index is 13.6. The molecule has 0 amide bonds. The van der Waals surface area contributed by atoms with E-state index in [1.54, 1.807) is 7.05 Å². The predicted octanol–water partition coefficient (Wildman–Crippen LogP) is 0.181. The standard InChI is InChI=1S/C10H11FN4O3S/c1-15-10(13-6-14-15)5-18-9-3-2-7(4-8(9)11)19(12,16)17/h2-4,6H,5H2,1H3,(H2,12,16,17). The van der Waals surface area contributed by atoms with Crippen molar-refractivity contribution in [3.05, 3.63) is 36.2 Å². The first-order valence-corrected chi connectivity index (χ1v) is 6.70. The fraction of sp³-hybridized carbons (Fsp3) is 0.200. The van der Waals surface area contributed by atoms with Gasteiger partial charge in [-0.1, -0.05) is 0 Å². The highest BCUT2D eigenvalue weighted by atomic mass is 32.2. The van der Waals surface area contributed by atoms with Crippen molar-refractivity contribution in [2.24, 2.45) is 12.2 Å². The molecule has 1 aromatic carbocycles. The van der Waals surface area contributed by atoms with E-state index in [2.05, 4.69) is 10.1 Å². The van der Waals surface area contributed by atoms with E-state index in [1.807, 2.05) is 0 Å². The van der Waals surface area contributed by atoms with Crippen LogP contribution >= 0.6 is 0 Å². The van der Waals surface area contributed by atoms with Crippen LogP contribution in [0, 0.1) is 5.82 Å². The Labute approximate surface area is 108 Å². The number of rotatable bonds is 4. The molecule has 0 bridgehead atoms. The van der Waals surface area contributed by atoms with Gasteiger partial charge in [-0.3, -0.25) is 4.68 Å². The Hall–Kier alpha value is -2.00. The molecule has 0 aliphatic rings. The van der Waals surface area contributed by atoms with Crippen LogP contribution in [-0.2, 0) is 23.7 Å². The molecule has 0 spiro atoms. The van der Waals surface area contributed by atoms with E-state index >= 15 is 0 Å². The predicted molar refractivity (Wildman–Crippen MR) is 63.1 cm³/mol. The summed E-state index contributed by atoms with van der Waals surface area (Å²) >= 11 is 0. The fourth-order valence-corrected chi connectivity index (χ4v) is 1.89. The first-order valence-electron chi connectivity index (χ1n) is 5.16. The lowest BCUT2D eigenvalue weighted by atomic mass is 10.3. The summed E-state index contributed by atoms with van der Waals surface area (Å²) in [7, 11) is -2.26. The zero-order valence-electron chi connectivity index (χ0n) is 9.95. The molecule has 0 atom stereocenters. The van der Waals surface area contributed by atoms with Crippen LogP contribution in [-0.4, -0.2) is 23.2 Å². The number of sulfonamides is 1. The van der Waals surface area contributed by atoms with Crippen molar-refractivity contribution in [2.75, 3.05) is 0 Å². The van der Waals surface area contributed by atoms with Crippen LogP contribution in [0.3, 0.4) is 0 Å². The Morgan fingerprint density at radius 1 is 1.47 bits per heavy atom. The van der Waals surface area contributed by atoms with Gasteiger partial charge in [-0.05, 0) is 18.2 Å². The number of nitrogens with two attached hydrogens (primary N) is 1. The monoisotopic (exact) mass is 286 g/mol. The van der Waals surface area contributed by atoms with Crippen molar-refractivity contribution in [3.8, 4) is 5.75 Å². The largest absolute Gasteiger partial charge is 0.483 e. The number of aromatic nitrogens is 3. The second kappa shape index (κ2) is 4.94. The second-order valence-electron chi connectivity index (χ2n) is 3.73. The van der Waals surface area contributed by atoms with Gasteiger partial charge in [0, 0.05) is 7.05 Å². The van der Waals surface area contributed by atoms with E-state index in [4.69, 9.17) is 9.88 Å². The van der Waals surface area contributed by atoms with E-state index in [1.165, 1.54) is 23.1 Å². The van der Waals surface area contributed by atoms with E-state index in [-0.39, 0.29) is 17.3 Å². The molecule has 0 aliphatic heterocycles. The average molecular weight is 286 g/mol. The molecule has 19 heavy (non-hydrogen) atoms. The van der Waals surface area contributed by atoms with Gasteiger partial charge in [-0.15, -0.1) is 0 Å². The minimum Gasteiger partial charge on any atom is -0.483 e. The van der Waals surface area contributed by atoms with Gasteiger partial charge in [0.25, 0.3) is 0 Å². The third-order valence-corrected chi connectivity index (χ3v) is 3.30. The molecular weight excluding hydrogens is 275 g/mol. The molecule has 1 heterocycles. The number of primary sulfonamides is 1. The minimum atomic E-state index is -3.93. The summed E-state index contributed by atoms with van der Waals surface area (Å²) in [5.74, 6) is -0.390. The van der Waals surface area contributed by atoms with Crippen LogP contribution in [0.25, 0.3) is 0 Å². The lowest BCUT2D eigenvalue weighted by molar-refractivity contribution is 0.275. The van der Waals surface area contributed by atoms with Crippen LogP contribution in [0.5, 0.6) is 5.75 Å². The molecule has 9 heteroatoms. The SMILES string of the molecule is Cn1ncnc1COc1ccc(S(N)(=O)=O)cc1F. The van der Waals surface area contributed by atoms with Crippen molar-refractivity contribution < 1.29 is 17.5 Å². The molecule has 0 aliphatic carbocycles. The van der Waals surface area contributed by atoms with Gasteiger partial charge in [0.2, 0.25) is 10.0 Å². The molecule has 7 nitrogen and oxygen atoms in total. The van der Waals surface area contributed by atoms with Gasteiger partial charge >= 0.3 is 0 Å². The Morgan fingerprint density at radius 2 is 2.21 bits per heavy atom. The minimum absolute atomic E-state index is 0.0160. The summed E-state index contributed by atoms with van der Waals surface area (Å²) in [6.07, 6.45) is 1.35. The zero-order chi connectivity index (χ0) is 14.0. The van der Waals surface area contributed by atoms with E-state index in [9.17, 15) is 12.8 Å².